The van der Waals surface area contributed by atoms with Crippen LogP contribution in [0.2, 0.25) is 0 Å². The van der Waals surface area contributed by atoms with E-state index >= 15 is 0 Å². The third-order valence-corrected chi connectivity index (χ3v) is 6.80. The highest BCUT2D eigenvalue weighted by molar-refractivity contribution is 6.20. The van der Waals surface area contributed by atoms with Crippen molar-refractivity contribution in [3.05, 3.63) is 109 Å². The quantitative estimate of drug-likeness (QED) is 0.260. The molecule has 0 unspecified atom stereocenters. The van der Waals surface area contributed by atoms with Gasteiger partial charge in [-0.05, 0) is 45.8 Å². The van der Waals surface area contributed by atoms with Crippen LogP contribution in [-0.2, 0) is 7.05 Å². The molecule has 34 heavy (non-hydrogen) atoms. The number of pyridine rings is 1. The number of para-hydroxylation sites is 3. The number of nitrogens with zero attached hydrogens (tertiary/aromatic N) is 3. The van der Waals surface area contributed by atoms with Gasteiger partial charge in [0, 0.05) is 23.6 Å². The van der Waals surface area contributed by atoms with Crippen LogP contribution < -0.4 is 0 Å². The second-order valence-electron chi connectivity index (χ2n) is 8.71. The Hall–Kier alpha value is -4.50. The van der Waals surface area contributed by atoms with Gasteiger partial charge in [-0.15, -0.1) is 0 Å². The van der Waals surface area contributed by atoms with Gasteiger partial charge >= 0.3 is 0 Å². The van der Waals surface area contributed by atoms with Crippen molar-refractivity contribution in [1.82, 2.24) is 14.5 Å². The fourth-order valence-corrected chi connectivity index (χ4v) is 5.22. The summed E-state index contributed by atoms with van der Waals surface area (Å²) in [7, 11) is 2.10. The van der Waals surface area contributed by atoms with E-state index in [0.717, 1.165) is 39.0 Å². The van der Waals surface area contributed by atoms with Crippen molar-refractivity contribution in [2.24, 2.45) is 7.05 Å². The van der Waals surface area contributed by atoms with Crippen LogP contribution in [0.25, 0.3) is 66.1 Å². The second-order valence-corrected chi connectivity index (χ2v) is 8.71. The lowest BCUT2D eigenvalue weighted by Gasteiger charge is -2.17. The van der Waals surface area contributed by atoms with Crippen LogP contribution in [0.15, 0.2) is 109 Å². The molecular formula is C31H21N3. The summed E-state index contributed by atoms with van der Waals surface area (Å²) in [5.74, 6) is 0.978. The summed E-state index contributed by atoms with van der Waals surface area (Å²) in [5, 5.41) is 5.89. The minimum atomic E-state index is 0.978. The van der Waals surface area contributed by atoms with Gasteiger partial charge in [0.1, 0.15) is 5.82 Å². The van der Waals surface area contributed by atoms with E-state index in [1.54, 1.807) is 0 Å². The molecule has 0 aliphatic carbocycles. The van der Waals surface area contributed by atoms with Gasteiger partial charge in [0.15, 0.2) is 0 Å². The summed E-state index contributed by atoms with van der Waals surface area (Å²) in [4.78, 5) is 10.2. The van der Waals surface area contributed by atoms with Crippen molar-refractivity contribution < 1.29 is 0 Å². The lowest BCUT2D eigenvalue weighted by atomic mass is 9.89. The first-order chi connectivity index (χ1) is 16.8. The van der Waals surface area contributed by atoms with Crippen LogP contribution in [0.3, 0.4) is 0 Å². The molecule has 0 saturated carbocycles. The van der Waals surface area contributed by atoms with Gasteiger partial charge in [-0.25, -0.2) is 9.97 Å². The first kappa shape index (κ1) is 19.0. The fourth-order valence-electron chi connectivity index (χ4n) is 5.22. The van der Waals surface area contributed by atoms with Crippen LogP contribution in [0.4, 0.5) is 0 Å². The largest absolute Gasteiger partial charge is 0.327 e. The summed E-state index contributed by atoms with van der Waals surface area (Å²) < 4.78 is 2.21. The number of rotatable bonds is 2. The molecule has 0 radical (unpaired) electrons. The molecule has 3 nitrogen and oxygen atoms in total. The summed E-state index contributed by atoms with van der Waals surface area (Å²) in [6.45, 7) is 0. The maximum absolute atomic E-state index is 5.08. The van der Waals surface area contributed by atoms with Crippen LogP contribution in [0.5, 0.6) is 0 Å². The molecule has 3 heteroatoms. The molecule has 0 atom stereocenters. The Kier molecular flexibility index (Phi) is 4.06. The molecule has 160 valence electrons. The molecule has 0 amide bonds. The van der Waals surface area contributed by atoms with Gasteiger partial charge in [0.2, 0.25) is 0 Å². The van der Waals surface area contributed by atoms with Gasteiger partial charge < -0.3 is 4.57 Å². The van der Waals surface area contributed by atoms with Crippen molar-refractivity contribution >= 4 is 43.5 Å². The van der Waals surface area contributed by atoms with Crippen LogP contribution >= 0.6 is 0 Å². The van der Waals surface area contributed by atoms with Gasteiger partial charge in [-0.1, -0.05) is 84.9 Å². The molecule has 0 N–H and O–H groups in total. The Labute approximate surface area is 196 Å². The minimum absolute atomic E-state index is 0.978. The molecule has 2 aromatic heterocycles. The lowest BCUT2D eigenvalue weighted by molar-refractivity contribution is 0.962. The molecule has 7 rings (SSSR count). The van der Waals surface area contributed by atoms with Crippen LogP contribution in [0, 0.1) is 0 Å². The summed E-state index contributed by atoms with van der Waals surface area (Å²) in [6, 6.07) is 38.2. The molecule has 0 aliphatic heterocycles. The fraction of sp³-hybridized carbons (Fsp3) is 0.0323. The van der Waals surface area contributed by atoms with Gasteiger partial charge in [-0.3, -0.25) is 0 Å². The van der Waals surface area contributed by atoms with Gasteiger partial charge in [-0.2, -0.15) is 0 Å². The summed E-state index contributed by atoms with van der Waals surface area (Å²) in [6.07, 6.45) is 0. The molecule has 0 aliphatic rings. The predicted molar refractivity (Wildman–Crippen MR) is 142 cm³/mol. The number of hydrogen-bond donors (Lipinski definition) is 0. The second kappa shape index (κ2) is 7.26. The molecule has 2 heterocycles. The maximum Gasteiger partial charge on any atom is 0.142 e. The lowest BCUT2D eigenvalue weighted by Crippen LogP contribution is -1.97. The number of imidazole rings is 1. The van der Waals surface area contributed by atoms with E-state index in [2.05, 4.69) is 109 Å². The van der Waals surface area contributed by atoms with E-state index < -0.39 is 0 Å². The summed E-state index contributed by atoms with van der Waals surface area (Å²) >= 11 is 0. The van der Waals surface area contributed by atoms with Crippen molar-refractivity contribution in [3.8, 4) is 22.6 Å². The number of benzene rings is 5. The Balaban J connectivity index is 1.64. The van der Waals surface area contributed by atoms with Crippen LogP contribution in [-0.4, -0.2) is 14.5 Å². The predicted octanol–water partition coefficient (Wildman–Crippen LogP) is 7.76. The maximum atomic E-state index is 5.08. The highest BCUT2D eigenvalue weighted by Crippen LogP contribution is 2.43. The molecule has 0 spiro atoms. The average Bonchev–Trinajstić information content (AvgIpc) is 3.23. The van der Waals surface area contributed by atoms with E-state index in [4.69, 9.17) is 9.97 Å². The molecule has 0 bridgehead atoms. The molecule has 0 saturated heterocycles. The topological polar surface area (TPSA) is 30.7 Å². The zero-order chi connectivity index (χ0) is 22.6. The SMILES string of the molecule is Cn1c(-c2c3ccccc3c(-c3ccc4ccccc4n3)c3ccccc23)nc2ccccc21. The molecule has 5 aromatic carbocycles. The number of hydrogen-bond acceptors (Lipinski definition) is 2. The third-order valence-electron chi connectivity index (χ3n) is 6.80. The average molecular weight is 436 g/mol. The normalized spacial score (nSPS) is 11.7. The van der Waals surface area contributed by atoms with Crippen LogP contribution in [0.1, 0.15) is 0 Å². The zero-order valence-electron chi connectivity index (χ0n) is 18.7. The van der Waals surface area contributed by atoms with Gasteiger partial charge in [0.25, 0.3) is 0 Å². The first-order valence-corrected chi connectivity index (χ1v) is 11.5. The van der Waals surface area contributed by atoms with E-state index in [1.807, 2.05) is 12.1 Å². The molecule has 0 fully saturated rings. The highest BCUT2D eigenvalue weighted by Gasteiger charge is 2.20. The van der Waals surface area contributed by atoms with E-state index in [-0.39, 0.29) is 0 Å². The smallest absolute Gasteiger partial charge is 0.142 e. The number of aromatic nitrogens is 3. The van der Waals surface area contributed by atoms with E-state index in [9.17, 15) is 0 Å². The summed E-state index contributed by atoms with van der Waals surface area (Å²) in [5.41, 5.74) is 6.46. The molecular weight excluding hydrogens is 414 g/mol. The number of fused-ring (bicyclic) bond motifs is 4. The molecule has 7 aromatic rings. The Morgan fingerprint density at radius 3 is 1.74 bits per heavy atom. The minimum Gasteiger partial charge on any atom is -0.327 e. The highest BCUT2D eigenvalue weighted by atomic mass is 15.1. The van der Waals surface area contributed by atoms with Crippen molar-refractivity contribution in [3.63, 3.8) is 0 Å². The Morgan fingerprint density at radius 1 is 0.500 bits per heavy atom. The van der Waals surface area contributed by atoms with E-state index in [0.29, 0.717) is 0 Å². The zero-order valence-corrected chi connectivity index (χ0v) is 18.7. The van der Waals surface area contributed by atoms with Gasteiger partial charge in [0.05, 0.1) is 22.2 Å². The van der Waals surface area contributed by atoms with Crippen molar-refractivity contribution in [2.75, 3.05) is 0 Å². The third kappa shape index (κ3) is 2.70. The number of aryl methyl sites for hydroxylation is 1. The monoisotopic (exact) mass is 435 g/mol. The van der Waals surface area contributed by atoms with E-state index in [1.165, 1.54) is 27.1 Å². The van der Waals surface area contributed by atoms with Crippen molar-refractivity contribution in [1.29, 1.82) is 0 Å². The first-order valence-electron chi connectivity index (χ1n) is 11.5. The standard InChI is InChI=1S/C31H21N3/c1-34-28-17-9-8-16-26(28)33-31(34)30-23-13-5-3-11-21(23)29(22-12-4-6-14-24(22)30)27-19-18-20-10-2-7-15-25(20)32-27/h2-19H,1H3. The Morgan fingerprint density at radius 2 is 1.06 bits per heavy atom. The Bertz CT molecular complexity index is 1820. The van der Waals surface area contributed by atoms with Crippen molar-refractivity contribution in [2.45, 2.75) is 0 Å².